The first-order valence-corrected chi connectivity index (χ1v) is 6.58. The molecule has 1 aromatic rings. The normalized spacial score (nSPS) is 11.6. The Morgan fingerprint density at radius 2 is 2.29 bits per heavy atom. The van der Waals surface area contributed by atoms with Crippen molar-refractivity contribution in [1.29, 1.82) is 0 Å². The summed E-state index contributed by atoms with van der Waals surface area (Å²) < 4.78 is 26.6. The van der Waals surface area contributed by atoms with Gasteiger partial charge in [-0.3, -0.25) is 9.48 Å². The Morgan fingerprint density at radius 1 is 1.59 bits per heavy atom. The number of hydrogen-bond donors (Lipinski definition) is 2. The fourth-order valence-electron chi connectivity index (χ4n) is 1.13. The fourth-order valence-corrected chi connectivity index (χ4v) is 2.14. The van der Waals surface area contributed by atoms with E-state index < -0.39 is 16.0 Å². The SMILES string of the molecule is Cn1cnc(CNS(=O)(=O)CCCC(=O)O)n1. The average molecular weight is 262 g/mol. The van der Waals surface area contributed by atoms with Crippen molar-refractivity contribution in [2.24, 2.45) is 7.05 Å². The van der Waals surface area contributed by atoms with Crippen LogP contribution in [0.15, 0.2) is 6.33 Å². The molecule has 1 heterocycles. The maximum Gasteiger partial charge on any atom is 0.303 e. The molecule has 1 aromatic heterocycles. The van der Waals surface area contributed by atoms with Crippen molar-refractivity contribution in [3.8, 4) is 0 Å². The van der Waals surface area contributed by atoms with Crippen molar-refractivity contribution in [3.63, 3.8) is 0 Å². The lowest BCUT2D eigenvalue weighted by Gasteiger charge is -2.03. The van der Waals surface area contributed by atoms with Gasteiger partial charge in [0.2, 0.25) is 10.0 Å². The summed E-state index contributed by atoms with van der Waals surface area (Å²) in [6.45, 7) is 0.0102. The molecule has 0 aliphatic heterocycles. The largest absolute Gasteiger partial charge is 0.481 e. The lowest BCUT2D eigenvalue weighted by atomic mass is 10.3. The lowest BCUT2D eigenvalue weighted by molar-refractivity contribution is -0.137. The molecular weight excluding hydrogens is 248 g/mol. The summed E-state index contributed by atoms with van der Waals surface area (Å²) in [5.74, 6) is -0.854. The van der Waals surface area contributed by atoms with Crippen LogP contribution in [0.5, 0.6) is 0 Å². The minimum Gasteiger partial charge on any atom is -0.481 e. The first-order valence-electron chi connectivity index (χ1n) is 4.93. The maximum atomic E-state index is 11.4. The molecule has 9 heteroatoms. The van der Waals surface area contributed by atoms with Crippen molar-refractivity contribution in [3.05, 3.63) is 12.2 Å². The molecule has 0 aromatic carbocycles. The van der Waals surface area contributed by atoms with Crippen LogP contribution in [0, 0.1) is 0 Å². The van der Waals surface area contributed by atoms with Gasteiger partial charge in [-0.15, -0.1) is 0 Å². The number of carboxylic acid groups (broad SMARTS) is 1. The predicted molar refractivity (Wildman–Crippen MR) is 58.5 cm³/mol. The summed E-state index contributed by atoms with van der Waals surface area (Å²) in [5, 5.41) is 12.3. The number of carbonyl (C=O) groups is 1. The van der Waals surface area contributed by atoms with E-state index in [1.54, 1.807) is 7.05 Å². The third-order valence-electron chi connectivity index (χ3n) is 1.90. The topological polar surface area (TPSA) is 114 Å². The number of sulfonamides is 1. The van der Waals surface area contributed by atoms with Crippen LogP contribution in [-0.4, -0.2) is 40.0 Å². The summed E-state index contributed by atoms with van der Waals surface area (Å²) >= 11 is 0. The average Bonchev–Trinajstić information content (AvgIpc) is 2.61. The number of hydrogen-bond acceptors (Lipinski definition) is 5. The molecule has 0 bridgehead atoms. The Labute approximate surface area is 98.7 Å². The Morgan fingerprint density at radius 3 is 2.82 bits per heavy atom. The van der Waals surface area contributed by atoms with Crippen molar-refractivity contribution >= 4 is 16.0 Å². The van der Waals surface area contributed by atoms with Crippen molar-refractivity contribution < 1.29 is 18.3 Å². The molecule has 2 N–H and O–H groups in total. The monoisotopic (exact) mass is 262 g/mol. The van der Waals surface area contributed by atoms with Gasteiger partial charge < -0.3 is 5.11 Å². The van der Waals surface area contributed by atoms with Crippen LogP contribution in [0.25, 0.3) is 0 Å². The maximum absolute atomic E-state index is 11.4. The molecule has 0 amide bonds. The van der Waals surface area contributed by atoms with E-state index in [0.29, 0.717) is 5.82 Å². The number of nitrogens with one attached hydrogen (secondary N) is 1. The fraction of sp³-hybridized carbons (Fsp3) is 0.625. The Balaban J connectivity index is 2.36. The number of aryl methyl sites for hydroxylation is 1. The van der Waals surface area contributed by atoms with Gasteiger partial charge in [-0.05, 0) is 6.42 Å². The molecule has 0 saturated heterocycles. The van der Waals surface area contributed by atoms with Gasteiger partial charge in [0.25, 0.3) is 0 Å². The zero-order valence-corrected chi connectivity index (χ0v) is 10.1. The molecule has 0 fully saturated rings. The number of rotatable bonds is 7. The minimum absolute atomic E-state index is 0.0102. The number of nitrogens with zero attached hydrogens (tertiary/aromatic N) is 3. The molecule has 1 rings (SSSR count). The lowest BCUT2D eigenvalue weighted by Crippen LogP contribution is -2.26. The van der Waals surface area contributed by atoms with Gasteiger partial charge in [0.15, 0.2) is 5.82 Å². The van der Waals surface area contributed by atoms with E-state index in [0.717, 1.165) is 0 Å². The molecule has 17 heavy (non-hydrogen) atoms. The zero-order valence-electron chi connectivity index (χ0n) is 9.33. The molecule has 8 nitrogen and oxygen atoms in total. The number of carboxylic acids is 1. The molecule has 0 aliphatic carbocycles. The third kappa shape index (κ3) is 5.41. The molecule has 0 saturated carbocycles. The van der Waals surface area contributed by atoms with E-state index in [4.69, 9.17) is 5.11 Å². The van der Waals surface area contributed by atoms with E-state index in [-0.39, 0.29) is 25.1 Å². The van der Waals surface area contributed by atoms with Crippen molar-refractivity contribution in [2.75, 3.05) is 5.75 Å². The first-order chi connectivity index (χ1) is 7.89. The van der Waals surface area contributed by atoms with Crippen molar-refractivity contribution in [2.45, 2.75) is 19.4 Å². The van der Waals surface area contributed by atoms with Gasteiger partial charge in [-0.2, -0.15) is 5.10 Å². The molecule has 0 atom stereocenters. The van der Waals surface area contributed by atoms with E-state index in [1.165, 1.54) is 11.0 Å². The van der Waals surface area contributed by atoms with Gasteiger partial charge in [0, 0.05) is 13.5 Å². The van der Waals surface area contributed by atoms with Gasteiger partial charge in [0.05, 0.1) is 12.3 Å². The van der Waals surface area contributed by atoms with Crippen LogP contribution >= 0.6 is 0 Å². The van der Waals surface area contributed by atoms with Crippen LogP contribution in [0.3, 0.4) is 0 Å². The van der Waals surface area contributed by atoms with E-state index >= 15 is 0 Å². The summed E-state index contributed by atoms with van der Waals surface area (Å²) in [7, 11) is -1.79. The van der Waals surface area contributed by atoms with Gasteiger partial charge >= 0.3 is 5.97 Å². The van der Waals surface area contributed by atoms with Crippen LogP contribution in [-0.2, 0) is 28.4 Å². The first kappa shape index (κ1) is 13.6. The smallest absolute Gasteiger partial charge is 0.303 e. The Hall–Kier alpha value is -1.48. The summed E-state index contributed by atoms with van der Waals surface area (Å²) in [5.41, 5.74) is 0. The Kier molecular flexibility index (Phi) is 4.58. The molecule has 0 radical (unpaired) electrons. The Bertz CT molecular complexity index is 481. The highest BCUT2D eigenvalue weighted by Crippen LogP contribution is 1.96. The summed E-state index contributed by atoms with van der Waals surface area (Å²) in [6.07, 6.45) is 1.39. The molecule has 0 spiro atoms. The second-order valence-electron chi connectivity index (χ2n) is 3.47. The highest BCUT2D eigenvalue weighted by atomic mass is 32.2. The molecule has 0 aliphatic rings. The standard InChI is InChI=1S/C8H14N4O4S/c1-12-6-9-7(11-12)5-10-17(15,16)4-2-3-8(13)14/h6,10H,2-5H2,1H3,(H,13,14). The molecule has 96 valence electrons. The van der Waals surface area contributed by atoms with Gasteiger partial charge in [-0.1, -0.05) is 0 Å². The van der Waals surface area contributed by atoms with E-state index in [9.17, 15) is 13.2 Å². The predicted octanol–water partition coefficient (Wildman–Crippen LogP) is -0.901. The third-order valence-corrected chi connectivity index (χ3v) is 3.31. The quantitative estimate of drug-likeness (QED) is 0.658. The summed E-state index contributed by atoms with van der Waals surface area (Å²) in [4.78, 5) is 14.1. The zero-order chi connectivity index (χ0) is 12.9. The highest BCUT2D eigenvalue weighted by molar-refractivity contribution is 7.89. The molecule has 0 unspecified atom stereocenters. The second kappa shape index (κ2) is 5.73. The molecular formula is C8H14N4O4S. The number of aliphatic carboxylic acids is 1. The highest BCUT2D eigenvalue weighted by Gasteiger charge is 2.12. The van der Waals surface area contributed by atoms with E-state index in [1.807, 2.05) is 0 Å². The van der Waals surface area contributed by atoms with E-state index in [2.05, 4.69) is 14.8 Å². The van der Waals surface area contributed by atoms with Crippen LogP contribution in [0.1, 0.15) is 18.7 Å². The minimum atomic E-state index is -3.47. The van der Waals surface area contributed by atoms with Crippen LogP contribution in [0.2, 0.25) is 0 Å². The van der Waals surface area contributed by atoms with Crippen LogP contribution in [0.4, 0.5) is 0 Å². The van der Waals surface area contributed by atoms with Crippen LogP contribution < -0.4 is 4.72 Å². The summed E-state index contributed by atoms with van der Waals surface area (Å²) in [6, 6.07) is 0. The van der Waals surface area contributed by atoms with Crippen molar-refractivity contribution in [1.82, 2.24) is 19.5 Å². The van der Waals surface area contributed by atoms with Gasteiger partial charge in [0.1, 0.15) is 6.33 Å². The number of aromatic nitrogens is 3. The van der Waals surface area contributed by atoms with Gasteiger partial charge in [-0.25, -0.2) is 18.1 Å². The second-order valence-corrected chi connectivity index (χ2v) is 5.40.